The Bertz CT molecular complexity index is 225. The lowest BCUT2D eigenvalue weighted by Gasteiger charge is -2.20. The lowest BCUT2D eigenvalue weighted by molar-refractivity contribution is -0.143. The highest BCUT2D eigenvalue weighted by Crippen LogP contribution is 2.25. The Morgan fingerprint density at radius 1 is 0.800 bits per heavy atom. The van der Waals surface area contributed by atoms with Crippen molar-refractivity contribution in [2.75, 3.05) is 0 Å². The average molecular weight is 284 g/mol. The van der Waals surface area contributed by atoms with Crippen LogP contribution in [0.3, 0.4) is 0 Å². The number of hydrogen-bond acceptors (Lipinski definition) is 1. The SMILES string of the molecule is CCCCCCCC(C)C(CCCCCCC)C(=O)O. The van der Waals surface area contributed by atoms with Crippen molar-refractivity contribution >= 4 is 5.97 Å². The van der Waals surface area contributed by atoms with E-state index < -0.39 is 5.97 Å². The summed E-state index contributed by atoms with van der Waals surface area (Å²) in [5.41, 5.74) is 0. The van der Waals surface area contributed by atoms with Crippen LogP contribution < -0.4 is 0 Å². The molecule has 0 aromatic heterocycles. The van der Waals surface area contributed by atoms with Gasteiger partial charge < -0.3 is 5.11 Å². The fourth-order valence-corrected chi connectivity index (χ4v) is 2.89. The molecule has 0 aromatic carbocycles. The zero-order valence-electron chi connectivity index (χ0n) is 14.0. The Hall–Kier alpha value is -0.530. The van der Waals surface area contributed by atoms with Crippen LogP contribution in [-0.4, -0.2) is 11.1 Å². The molecule has 0 aliphatic heterocycles. The highest BCUT2D eigenvalue weighted by atomic mass is 16.4. The second kappa shape index (κ2) is 13.5. The van der Waals surface area contributed by atoms with Crippen LogP contribution in [0.15, 0.2) is 0 Å². The van der Waals surface area contributed by atoms with E-state index in [1.54, 1.807) is 0 Å². The van der Waals surface area contributed by atoms with Crippen molar-refractivity contribution in [2.45, 2.75) is 97.8 Å². The standard InChI is InChI=1S/C18H36O2/c1-4-6-8-10-12-14-16(3)17(18(19)20)15-13-11-9-7-5-2/h16-17H,4-15H2,1-3H3,(H,19,20). The number of rotatable bonds is 14. The summed E-state index contributed by atoms with van der Waals surface area (Å²) in [6.07, 6.45) is 14.4. The van der Waals surface area contributed by atoms with Crippen molar-refractivity contribution in [3.63, 3.8) is 0 Å². The van der Waals surface area contributed by atoms with Crippen LogP contribution in [0.25, 0.3) is 0 Å². The van der Waals surface area contributed by atoms with Gasteiger partial charge in [-0.1, -0.05) is 85.0 Å². The van der Waals surface area contributed by atoms with Gasteiger partial charge in [-0.3, -0.25) is 4.79 Å². The zero-order chi connectivity index (χ0) is 15.2. The van der Waals surface area contributed by atoms with Gasteiger partial charge in [0.2, 0.25) is 0 Å². The molecule has 0 fully saturated rings. The summed E-state index contributed by atoms with van der Waals surface area (Å²) in [7, 11) is 0. The van der Waals surface area contributed by atoms with Gasteiger partial charge in [-0.05, 0) is 18.8 Å². The third kappa shape index (κ3) is 10.3. The maximum atomic E-state index is 11.4. The molecule has 2 unspecified atom stereocenters. The second-order valence-corrected chi connectivity index (χ2v) is 6.33. The minimum Gasteiger partial charge on any atom is -0.481 e. The van der Waals surface area contributed by atoms with Crippen LogP contribution in [0.4, 0.5) is 0 Å². The van der Waals surface area contributed by atoms with E-state index in [-0.39, 0.29) is 5.92 Å². The molecule has 2 heteroatoms. The van der Waals surface area contributed by atoms with Crippen LogP contribution in [0.2, 0.25) is 0 Å². The van der Waals surface area contributed by atoms with Gasteiger partial charge in [0.25, 0.3) is 0 Å². The number of carboxylic acid groups (broad SMARTS) is 1. The Labute approximate surface area is 126 Å². The minimum absolute atomic E-state index is 0.122. The van der Waals surface area contributed by atoms with Crippen molar-refractivity contribution < 1.29 is 9.90 Å². The van der Waals surface area contributed by atoms with Crippen LogP contribution in [0.5, 0.6) is 0 Å². The topological polar surface area (TPSA) is 37.3 Å². The monoisotopic (exact) mass is 284 g/mol. The second-order valence-electron chi connectivity index (χ2n) is 6.33. The summed E-state index contributed by atoms with van der Waals surface area (Å²) in [6.45, 7) is 6.56. The Balaban J connectivity index is 3.82. The maximum Gasteiger partial charge on any atom is 0.306 e. The summed E-state index contributed by atoms with van der Waals surface area (Å²) < 4.78 is 0. The van der Waals surface area contributed by atoms with Crippen molar-refractivity contribution in [3.8, 4) is 0 Å². The normalized spacial score (nSPS) is 14.2. The van der Waals surface area contributed by atoms with Gasteiger partial charge in [0.1, 0.15) is 0 Å². The maximum absolute atomic E-state index is 11.4. The molecule has 0 heterocycles. The molecule has 0 aliphatic rings. The van der Waals surface area contributed by atoms with Crippen molar-refractivity contribution in [2.24, 2.45) is 11.8 Å². The molecule has 0 amide bonds. The highest BCUT2D eigenvalue weighted by Gasteiger charge is 2.23. The van der Waals surface area contributed by atoms with E-state index >= 15 is 0 Å². The molecule has 0 saturated heterocycles. The van der Waals surface area contributed by atoms with Gasteiger partial charge in [0.05, 0.1) is 5.92 Å². The Morgan fingerprint density at radius 3 is 1.70 bits per heavy atom. The molecule has 0 saturated carbocycles. The largest absolute Gasteiger partial charge is 0.481 e. The number of carbonyl (C=O) groups is 1. The first-order valence-electron chi connectivity index (χ1n) is 8.86. The van der Waals surface area contributed by atoms with Crippen molar-refractivity contribution in [1.82, 2.24) is 0 Å². The fourth-order valence-electron chi connectivity index (χ4n) is 2.89. The Kier molecular flexibility index (Phi) is 13.1. The number of carboxylic acids is 1. The summed E-state index contributed by atoms with van der Waals surface area (Å²) in [5.74, 6) is -0.371. The fraction of sp³-hybridized carbons (Fsp3) is 0.944. The third-order valence-corrected chi connectivity index (χ3v) is 4.39. The third-order valence-electron chi connectivity index (χ3n) is 4.39. The molecule has 1 N–H and O–H groups in total. The number of hydrogen-bond donors (Lipinski definition) is 1. The first kappa shape index (κ1) is 19.5. The molecular formula is C18H36O2. The van der Waals surface area contributed by atoms with Gasteiger partial charge >= 0.3 is 5.97 Å². The van der Waals surface area contributed by atoms with Crippen LogP contribution in [0.1, 0.15) is 97.8 Å². The minimum atomic E-state index is -0.582. The van der Waals surface area contributed by atoms with Gasteiger partial charge in [0, 0.05) is 0 Å². The van der Waals surface area contributed by atoms with E-state index in [1.807, 2.05) is 0 Å². The van der Waals surface area contributed by atoms with E-state index in [0.717, 1.165) is 19.3 Å². The summed E-state index contributed by atoms with van der Waals surface area (Å²) in [5, 5.41) is 9.39. The van der Waals surface area contributed by atoms with E-state index in [4.69, 9.17) is 0 Å². The highest BCUT2D eigenvalue weighted by molar-refractivity contribution is 5.70. The van der Waals surface area contributed by atoms with E-state index in [1.165, 1.54) is 57.8 Å². The smallest absolute Gasteiger partial charge is 0.306 e. The summed E-state index contributed by atoms with van der Waals surface area (Å²) in [4.78, 5) is 11.4. The first-order chi connectivity index (χ1) is 9.63. The van der Waals surface area contributed by atoms with Gasteiger partial charge in [-0.15, -0.1) is 0 Å². The Morgan fingerprint density at radius 2 is 1.25 bits per heavy atom. The van der Waals surface area contributed by atoms with Crippen molar-refractivity contribution in [1.29, 1.82) is 0 Å². The molecule has 120 valence electrons. The average Bonchev–Trinajstić information content (AvgIpc) is 2.42. The molecule has 0 radical (unpaired) electrons. The van der Waals surface area contributed by atoms with Crippen molar-refractivity contribution in [3.05, 3.63) is 0 Å². The molecule has 0 rings (SSSR count). The van der Waals surface area contributed by atoms with Gasteiger partial charge in [-0.2, -0.15) is 0 Å². The predicted molar refractivity (Wildman–Crippen MR) is 87.0 cm³/mol. The van der Waals surface area contributed by atoms with Crippen LogP contribution >= 0.6 is 0 Å². The lowest BCUT2D eigenvalue weighted by atomic mass is 9.85. The van der Waals surface area contributed by atoms with Gasteiger partial charge in [-0.25, -0.2) is 0 Å². The number of unbranched alkanes of at least 4 members (excludes halogenated alkanes) is 8. The molecule has 2 atom stereocenters. The quantitative estimate of drug-likeness (QED) is 0.394. The van der Waals surface area contributed by atoms with E-state index in [0.29, 0.717) is 5.92 Å². The molecule has 0 spiro atoms. The molecular weight excluding hydrogens is 248 g/mol. The molecule has 20 heavy (non-hydrogen) atoms. The molecule has 0 aromatic rings. The first-order valence-corrected chi connectivity index (χ1v) is 8.86. The molecule has 0 bridgehead atoms. The van der Waals surface area contributed by atoms with E-state index in [9.17, 15) is 9.90 Å². The summed E-state index contributed by atoms with van der Waals surface area (Å²) >= 11 is 0. The predicted octanol–water partition coefficient (Wildman–Crippen LogP) is 6.04. The number of aliphatic carboxylic acids is 1. The van der Waals surface area contributed by atoms with E-state index in [2.05, 4.69) is 20.8 Å². The molecule has 0 aliphatic carbocycles. The van der Waals surface area contributed by atoms with Crippen LogP contribution in [0, 0.1) is 11.8 Å². The summed E-state index contributed by atoms with van der Waals surface area (Å²) in [6, 6.07) is 0. The molecule has 2 nitrogen and oxygen atoms in total. The van der Waals surface area contributed by atoms with Crippen LogP contribution in [-0.2, 0) is 4.79 Å². The lowest BCUT2D eigenvalue weighted by Crippen LogP contribution is -2.21. The van der Waals surface area contributed by atoms with Gasteiger partial charge in [0.15, 0.2) is 0 Å². The zero-order valence-corrected chi connectivity index (χ0v) is 14.0.